The molecule has 0 rings (SSSR count). The van der Waals surface area contributed by atoms with Gasteiger partial charge in [0.1, 0.15) is 0 Å². The number of rotatable bonds is 6. The van der Waals surface area contributed by atoms with Crippen LogP contribution in [0.5, 0.6) is 0 Å². The van der Waals surface area contributed by atoms with Crippen LogP contribution in [0.1, 0.15) is 0 Å². The van der Waals surface area contributed by atoms with Crippen molar-refractivity contribution in [1.82, 2.24) is 4.90 Å². The third-order valence-corrected chi connectivity index (χ3v) is 1.89. The first-order valence-electron chi connectivity index (χ1n) is 3.45. The van der Waals surface area contributed by atoms with E-state index in [1.165, 1.54) is 4.90 Å². The maximum absolute atomic E-state index is 10.4. The Hall–Kier alpha value is 0.356. The van der Waals surface area contributed by atoms with Crippen LogP contribution in [0.2, 0.25) is 0 Å². The largest absolute Gasteiger partial charge is 2.00 e. The topological polar surface area (TPSA) is 66.4 Å². The van der Waals surface area contributed by atoms with Crippen LogP contribution >= 0.6 is 7.60 Å². The van der Waals surface area contributed by atoms with Crippen molar-refractivity contribution < 1.29 is 14.4 Å². The summed E-state index contributed by atoms with van der Waals surface area (Å²) in [5, 5.41) is 0. The van der Waals surface area contributed by atoms with Crippen LogP contribution in [0, 0.1) is 0 Å². The average Bonchev–Trinajstić information content (AvgIpc) is 1.84. The molecule has 0 N–H and O–H groups in total. The summed E-state index contributed by atoms with van der Waals surface area (Å²) < 4.78 is 10.4. The van der Waals surface area contributed by atoms with Crippen molar-refractivity contribution in [1.29, 1.82) is 0 Å². The third-order valence-electron chi connectivity index (χ3n) is 1.15. The van der Waals surface area contributed by atoms with E-state index in [-0.39, 0.29) is 23.1 Å². The van der Waals surface area contributed by atoms with Crippen LogP contribution in [-0.4, -0.2) is 47.3 Å². The van der Waals surface area contributed by atoms with E-state index in [0.717, 1.165) is 0 Å². The number of hydrogen-bond donors (Lipinski definition) is 0. The summed E-state index contributed by atoms with van der Waals surface area (Å²) in [7, 11) is -4.45. The molecule has 0 bridgehead atoms. The molecule has 0 unspecified atom stereocenters. The molecule has 6 heteroatoms. The first-order chi connectivity index (χ1) is 5.49. The van der Waals surface area contributed by atoms with E-state index in [1.807, 2.05) is 0 Å². The molecule has 4 nitrogen and oxygen atoms in total. The van der Waals surface area contributed by atoms with E-state index < -0.39 is 13.9 Å². The monoisotopic (exact) mass is 213 g/mol. The Bertz CT molecular complexity index is 194. The zero-order valence-electron chi connectivity index (χ0n) is 7.52. The van der Waals surface area contributed by atoms with Crippen LogP contribution in [0.25, 0.3) is 0 Å². The Morgan fingerprint density at radius 1 is 1.23 bits per heavy atom. The summed E-state index contributed by atoms with van der Waals surface area (Å²) in [5.74, 6) is 0. The molecule has 0 aromatic rings. The van der Waals surface area contributed by atoms with Crippen LogP contribution < -0.4 is 9.79 Å². The molecule has 0 saturated carbocycles. The van der Waals surface area contributed by atoms with Gasteiger partial charge in [0.25, 0.3) is 0 Å². The minimum Gasteiger partial charge on any atom is -0.810 e. The van der Waals surface area contributed by atoms with Crippen LogP contribution in [0.3, 0.4) is 0 Å². The third kappa shape index (κ3) is 10.3. The Morgan fingerprint density at radius 3 is 1.85 bits per heavy atom. The predicted molar refractivity (Wildman–Crippen MR) is 50.2 cm³/mol. The van der Waals surface area contributed by atoms with Gasteiger partial charge in [0.15, 0.2) is 0 Å². The van der Waals surface area contributed by atoms with Gasteiger partial charge in [-0.1, -0.05) is 19.7 Å². The van der Waals surface area contributed by atoms with E-state index in [4.69, 9.17) is 0 Å². The molecule has 0 amide bonds. The van der Waals surface area contributed by atoms with Crippen molar-refractivity contribution in [2.75, 3.05) is 19.4 Å². The fourth-order valence-electron chi connectivity index (χ4n) is 0.800. The van der Waals surface area contributed by atoms with E-state index in [9.17, 15) is 14.4 Å². The van der Waals surface area contributed by atoms with Crippen molar-refractivity contribution in [3.05, 3.63) is 25.3 Å². The van der Waals surface area contributed by atoms with Crippen LogP contribution in [-0.2, 0) is 4.57 Å². The van der Waals surface area contributed by atoms with Gasteiger partial charge in [-0.05, 0) is 0 Å². The van der Waals surface area contributed by atoms with E-state index in [1.54, 1.807) is 12.2 Å². The molecule has 13 heavy (non-hydrogen) atoms. The quantitative estimate of drug-likeness (QED) is 0.327. The number of hydrogen-bond acceptors (Lipinski definition) is 4. The van der Waals surface area contributed by atoms with Gasteiger partial charge in [-0.15, -0.1) is 13.2 Å². The number of nitrogens with zero attached hydrogens (tertiary/aromatic N) is 1. The van der Waals surface area contributed by atoms with E-state index in [2.05, 4.69) is 13.2 Å². The molecular formula is C7H12MgNO3P. The van der Waals surface area contributed by atoms with Gasteiger partial charge in [-0.3, -0.25) is 4.90 Å². The van der Waals surface area contributed by atoms with Gasteiger partial charge in [0.2, 0.25) is 0 Å². The molecule has 0 atom stereocenters. The van der Waals surface area contributed by atoms with Gasteiger partial charge in [0, 0.05) is 19.4 Å². The molecule has 0 aromatic heterocycles. The SMILES string of the molecule is C=CCN(CC=C)CP(=O)([O-])[O-].[Mg+2]. The fraction of sp³-hybridized carbons (Fsp3) is 0.429. The molecule has 0 spiro atoms. The summed E-state index contributed by atoms with van der Waals surface area (Å²) in [4.78, 5) is 22.2. The molecule has 0 heterocycles. The van der Waals surface area contributed by atoms with Gasteiger partial charge >= 0.3 is 23.1 Å². The first-order valence-corrected chi connectivity index (χ1v) is 5.17. The Labute approximate surface area is 94.6 Å². The first kappa shape index (κ1) is 15.8. The molecule has 70 valence electrons. The molecule has 0 aliphatic heterocycles. The van der Waals surface area contributed by atoms with Crippen LogP contribution in [0.15, 0.2) is 25.3 Å². The Morgan fingerprint density at radius 2 is 1.62 bits per heavy atom. The maximum atomic E-state index is 10.4. The molecule has 0 aliphatic rings. The summed E-state index contributed by atoms with van der Waals surface area (Å²) in [6, 6.07) is 0. The minimum atomic E-state index is -4.45. The van der Waals surface area contributed by atoms with E-state index >= 15 is 0 Å². The van der Waals surface area contributed by atoms with E-state index in [0.29, 0.717) is 13.1 Å². The molecule has 0 radical (unpaired) electrons. The standard InChI is InChI=1S/C7H14NO3P.Mg/c1-3-5-8(6-4-2)7-12(9,10)11;/h3-4H,1-2,5-7H2,(H2,9,10,11);/q;+2/p-2. The molecule has 0 saturated heterocycles. The molecule has 0 aromatic carbocycles. The van der Waals surface area contributed by atoms with Gasteiger partial charge < -0.3 is 14.4 Å². The molecule has 0 fully saturated rings. The zero-order chi connectivity index (χ0) is 9.61. The van der Waals surface area contributed by atoms with Crippen molar-refractivity contribution in [3.63, 3.8) is 0 Å². The van der Waals surface area contributed by atoms with Crippen molar-refractivity contribution in [2.45, 2.75) is 0 Å². The predicted octanol–water partition coefficient (Wildman–Crippen LogP) is -0.849. The molecular weight excluding hydrogens is 201 g/mol. The van der Waals surface area contributed by atoms with Gasteiger partial charge in [-0.25, -0.2) is 0 Å². The second-order valence-corrected chi connectivity index (χ2v) is 3.87. The van der Waals surface area contributed by atoms with Crippen molar-refractivity contribution >= 4 is 30.6 Å². The van der Waals surface area contributed by atoms with Crippen molar-refractivity contribution in [3.8, 4) is 0 Å². The van der Waals surface area contributed by atoms with Crippen molar-refractivity contribution in [2.24, 2.45) is 0 Å². The fourth-order valence-corrected chi connectivity index (χ4v) is 1.52. The Kier molecular flexibility index (Phi) is 9.40. The summed E-state index contributed by atoms with van der Waals surface area (Å²) >= 11 is 0. The van der Waals surface area contributed by atoms with Gasteiger partial charge in [-0.2, -0.15) is 0 Å². The molecule has 0 aliphatic carbocycles. The second kappa shape index (κ2) is 7.73. The average molecular weight is 213 g/mol. The zero-order valence-corrected chi connectivity index (χ0v) is 9.83. The van der Waals surface area contributed by atoms with Crippen LogP contribution in [0.4, 0.5) is 0 Å². The minimum absolute atomic E-state index is 0. The second-order valence-electron chi connectivity index (χ2n) is 2.37. The summed E-state index contributed by atoms with van der Waals surface area (Å²) in [5.41, 5.74) is 0. The van der Waals surface area contributed by atoms with Gasteiger partial charge in [0.05, 0.1) is 0 Å². The maximum Gasteiger partial charge on any atom is 2.00 e. The Balaban J connectivity index is 0. The smallest absolute Gasteiger partial charge is 0.810 e. The summed E-state index contributed by atoms with van der Waals surface area (Å²) in [6.45, 7) is 7.64. The summed E-state index contributed by atoms with van der Waals surface area (Å²) in [6.07, 6.45) is 2.61. The normalized spacial score (nSPS) is 10.7.